The molecule has 98 valence electrons. The Bertz CT molecular complexity index is 651. The number of benzene rings is 1. The second kappa shape index (κ2) is 5.41. The second-order valence-electron chi connectivity index (χ2n) is 3.71. The molecule has 19 heavy (non-hydrogen) atoms. The standard InChI is InChI=1S/C12H9NO4S2/c1-7-9(13(16)17)3-2-4-10(7)19-8-5-11(12(14)15)18-6-8/h2-6H,1H3,(H,14,15). The number of carbonyl (C=O) groups is 1. The molecule has 0 bridgehead atoms. The Morgan fingerprint density at radius 3 is 2.79 bits per heavy atom. The van der Waals surface area contributed by atoms with Gasteiger partial charge in [-0.2, -0.15) is 0 Å². The van der Waals surface area contributed by atoms with Gasteiger partial charge in [-0.25, -0.2) is 4.79 Å². The molecule has 0 unspecified atom stereocenters. The molecule has 0 saturated carbocycles. The van der Waals surface area contributed by atoms with Crippen molar-refractivity contribution in [3.05, 3.63) is 50.2 Å². The van der Waals surface area contributed by atoms with Crippen LogP contribution in [0.25, 0.3) is 0 Å². The summed E-state index contributed by atoms with van der Waals surface area (Å²) in [6.45, 7) is 1.69. The van der Waals surface area contributed by atoms with E-state index < -0.39 is 10.9 Å². The van der Waals surface area contributed by atoms with Crippen molar-refractivity contribution < 1.29 is 14.8 Å². The van der Waals surface area contributed by atoms with Gasteiger partial charge in [0.25, 0.3) is 5.69 Å². The van der Waals surface area contributed by atoms with Crippen molar-refractivity contribution in [2.24, 2.45) is 0 Å². The van der Waals surface area contributed by atoms with Gasteiger partial charge in [-0.1, -0.05) is 17.8 Å². The fraction of sp³-hybridized carbons (Fsp3) is 0.0833. The molecule has 2 aromatic rings. The van der Waals surface area contributed by atoms with E-state index >= 15 is 0 Å². The molecular formula is C12H9NO4S2. The number of hydrogen-bond acceptors (Lipinski definition) is 5. The van der Waals surface area contributed by atoms with E-state index in [1.165, 1.54) is 17.8 Å². The maximum Gasteiger partial charge on any atom is 0.345 e. The van der Waals surface area contributed by atoms with E-state index in [4.69, 9.17) is 5.11 Å². The third-order valence-corrected chi connectivity index (χ3v) is 4.67. The number of rotatable bonds is 4. The van der Waals surface area contributed by atoms with Gasteiger partial charge >= 0.3 is 5.97 Å². The summed E-state index contributed by atoms with van der Waals surface area (Å²) in [5.41, 5.74) is 0.652. The van der Waals surface area contributed by atoms with Crippen LogP contribution in [-0.4, -0.2) is 16.0 Å². The summed E-state index contributed by atoms with van der Waals surface area (Å²) < 4.78 is 0. The highest BCUT2D eigenvalue weighted by Gasteiger charge is 2.15. The van der Waals surface area contributed by atoms with Crippen molar-refractivity contribution in [1.29, 1.82) is 0 Å². The first-order valence-electron chi connectivity index (χ1n) is 5.22. The summed E-state index contributed by atoms with van der Waals surface area (Å²) in [7, 11) is 0. The van der Waals surface area contributed by atoms with Crippen molar-refractivity contribution in [3.63, 3.8) is 0 Å². The maximum atomic E-state index is 10.8. The molecule has 0 amide bonds. The lowest BCUT2D eigenvalue weighted by Gasteiger charge is -2.04. The second-order valence-corrected chi connectivity index (χ2v) is 5.74. The quantitative estimate of drug-likeness (QED) is 0.685. The van der Waals surface area contributed by atoms with Crippen LogP contribution >= 0.6 is 23.1 Å². The number of hydrogen-bond donors (Lipinski definition) is 1. The van der Waals surface area contributed by atoms with Crippen LogP contribution < -0.4 is 0 Å². The molecule has 1 N–H and O–H groups in total. The Balaban J connectivity index is 2.30. The topological polar surface area (TPSA) is 80.4 Å². The lowest BCUT2D eigenvalue weighted by atomic mass is 10.2. The normalized spacial score (nSPS) is 10.4. The van der Waals surface area contributed by atoms with Crippen LogP contribution in [-0.2, 0) is 0 Å². The molecule has 0 fully saturated rings. The van der Waals surface area contributed by atoms with E-state index in [2.05, 4.69) is 0 Å². The molecule has 0 aliphatic rings. The van der Waals surface area contributed by atoms with E-state index in [1.54, 1.807) is 30.5 Å². The molecule has 0 aliphatic carbocycles. The van der Waals surface area contributed by atoms with E-state index in [0.717, 1.165) is 21.1 Å². The number of thiophene rings is 1. The predicted molar refractivity (Wildman–Crippen MR) is 73.2 cm³/mol. The first kappa shape index (κ1) is 13.6. The van der Waals surface area contributed by atoms with Gasteiger partial charge in [-0.3, -0.25) is 10.1 Å². The van der Waals surface area contributed by atoms with E-state index in [9.17, 15) is 14.9 Å². The van der Waals surface area contributed by atoms with Gasteiger partial charge in [-0.05, 0) is 19.1 Å². The molecule has 1 aromatic heterocycles. The summed E-state index contributed by atoms with van der Waals surface area (Å²) in [6, 6.07) is 6.43. The van der Waals surface area contributed by atoms with Gasteiger partial charge in [0, 0.05) is 26.8 Å². The van der Waals surface area contributed by atoms with Crippen LogP contribution in [0.5, 0.6) is 0 Å². The first-order chi connectivity index (χ1) is 8.99. The zero-order valence-corrected chi connectivity index (χ0v) is 11.5. The van der Waals surface area contributed by atoms with Crippen molar-refractivity contribution in [1.82, 2.24) is 0 Å². The number of nitrogens with zero attached hydrogens (tertiary/aromatic N) is 1. The average molecular weight is 295 g/mol. The van der Waals surface area contributed by atoms with Crippen LogP contribution in [0.1, 0.15) is 15.2 Å². The summed E-state index contributed by atoms with van der Waals surface area (Å²) in [5, 5.41) is 21.4. The van der Waals surface area contributed by atoms with Crippen molar-refractivity contribution in [2.75, 3.05) is 0 Å². The smallest absolute Gasteiger partial charge is 0.345 e. The molecule has 0 atom stereocenters. The minimum absolute atomic E-state index is 0.0682. The molecule has 0 radical (unpaired) electrons. The highest BCUT2D eigenvalue weighted by Crippen LogP contribution is 2.36. The lowest BCUT2D eigenvalue weighted by Crippen LogP contribution is -1.92. The molecule has 7 heteroatoms. The summed E-state index contributed by atoms with van der Waals surface area (Å²) >= 11 is 2.47. The SMILES string of the molecule is Cc1c(Sc2csc(C(=O)O)c2)cccc1[N+](=O)[O-]. The van der Waals surface area contributed by atoms with Crippen LogP contribution in [0.3, 0.4) is 0 Å². The molecule has 2 rings (SSSR count). The lowest BCUT2D eigenvalue weighted by molar-refractivity contribution is -0.385. The fourth-order valence-corrected chi connectivity index (χ4v) is 3.38. The molecule has 0 saturated heterocycles. The summed E-state index contributed by atoms with van der Waals surface area (Å²) in [6.07, 6.45) is 0. The minimum Gasteiger partial charge on any atom is -0.477 e. The zero-order valence-electron chi connectivity index (χ0n) is 9.82. The number of nitro groups is 1. The number of carboxylic acid groups (broad SMARTS) is 1. The average Bonchev–Trinajstić information content (AvgIpc) is 2.80. The minimum atomic E-state index is -0.965. The van der Waals surface area contributed by atoms with Crippen molar-refractivity contribution >= 4 is 34.8 Å². The molecular weight excluding hydrogens is 286 g/mol. The highest BCUT2D eigenvalue weighted by atomic mass is 32.2. The molecule has 0 spiro atoms. The predicted octanol–water partition coefficient (Wildman–Crippen LogP) is 3.81. The van der Waals surface area contributed by atoms with Gasteiger partial charge in [0.1, 0.15) is 4.88 Å². The Morgan fingerprint density at radius 1 is 1.47 bits per heavy atom. The zero-order chi connectivity index (χ0) is 14.0. The molecule has 1 heterocycles. The molecule has 1 aromatic carbocycles. The largest absolute Gasteiger partial charge is 0.477 e. The highest BCUT2D eigenvalue weighted by molar-refractivity contribution is 7.99. The Morgan fingerprint density at radius 2 is 2.21 bits per heavy atom. The Kier molecular flexibility index (Phi) is 3.87. The first-order valence-corrected chi connectivity index (χ1v) is 6.92. The van der Waals surface area contributed by atoms with Gasteiger partial charge in [0.2, 0.25) is 0 Å². The Labute approximate surface area is 117 Å². The van der Waals surface area contributed by atoms with Crippen molar-refractivity contribution in [2.45, 2.75) is 16.7 Å². The van der Waals surface area contributed by atoms with Gasteiger partial charge in [0.15, 0.2) is 0 Å². The number of carboxylic acids is 1. The third kappa shape index (κ3) is 2.94. The van der Waals surface area contributed by atoms with E-state index in [1.807, 2.05) is 0 Å². The number of aromatic carboxylic acids is 1. The van der Waals surface area contributed by atoms with Crippen LogP contribution in [0.15, 0.2) is 39.4 Å². The van der Waals surface area contributed by atoms with Gasteiger partial charge in [-0.15, -0.1) is 11.3 Å². The van der Waals surface area contributed by atoms with Crippen molar-refractivity contribution in [3.8, 4) is 0 Å². The molecule has 0 aliphatic heterocycles. The van der Waals surface area contributed by atoms with Crippen LogP contribution in [0, 0.1) is 17.0 Å². The van der Waals surface area contributed by atoms with Gasteiger partial charge in [0.05, 0.1) is 4.92 Å². The van der Waals surface area contributed by atoms with Crippen LogP contribution in [0.4, 0.5) is 5.69 Å². The van der Waals surface area contributed by atoms with E-state index in [-0.39, 0.29) is 10.6 Å². The van der Waals surface area contributed by atoms with Gasteiger partial charge < -0.3 is 5.11 Å². The Hall–Kier alpha value is -1.86. The number of nitro benzene ring substituents is 1. The molecule has 5 nitrogen and oxygen atoms in total. The summed E-state index contributed by atoms with van der Waals surface area (Å²) in [4.78, 5) is 23.0. The monoisotopic (exact) mass is 295 g/mol. The fourth-order valence-electron chi connectivity index (χ4n) is 1.52. The maximum absolute atomic E-state index is 10.8. The third-order valence-electron chi connectivity index (χ3n) is 2.47. The van der Waals surface area contributed by atoms with E-state index in [0.29, 0.717) is 5.56 Å². The summed E-state index contributed by atoms with van der Waals surface area (Å²) in [5.74, 6) is -0.965. The van der Waals surface area contributed by atoms with Crippen LogP contribution in [0.2, 0.25) is 0 Å².